The summed E-state index contributed by atoms with van der Waals surface area (Å²) in [5, 5.41) is 0. The maximum Gasteiger partial charge on any atom is 0.311 e. The van der Waals surface area contributed by atoms with E-state index in [4.69, 9.17) is 9.47 Å². The SMILES string of the molecule is CC(F)(F)CC(F)(F)C(COCCC1CCSCC1)OC(=O)C(C)(C)C. The molecule has 1 aliphatic heterocycles. The maximum absolute atomic E-state index is 14.3. The zero-order valence-electron chi connectivity index (χ0n) is 16.0. The molecule has 0 amide bonds. The third-order valence-corrected chi connectivity index (χ3v) is 5.21. The zero-order valence-corrected chi connectivity index (χ0v) is 16.8. The molecule has 0 radical (unpaired) electrons. The van der Waals surface area contributed by atoms with Gasteiger partial charge in [0, 0.05) is 6.61 Å². The third-order valence-electron chi connectivity index (χ3n) is 4.16. The molecular formula is C18H30F4O3S. The van der Waals surface area contributed by atoms with Crippen LogP contribution in [0, 0.1) is 11.3 Å². The number of carbonyl (C=O) groups excluding carboxylic acids is 1. The monoisotopic (exact) mass is 402 g/mol. The van der Waals surface area contributed by atoms with E-state index < -0.39 is 42.4 Å². The Morgan fingerprint density at radius 2 is 1.69 bits per heavy atom. The van der Waals surface area contributed by atoms with Crippen LogP contribution in [-0.2, 0) is 14.3 Å². The van der Waals surface area contributed by atoms with Crippen molar-refractivity contribution >= 4 is 17.7 Å². The van der Waals surface area contributed by atoms with Crippen molar-refractivity contribution < 1.29 is 31.8 Å². The topological polar surface area (TPSA) is 35.5 Å². The summed E-state index contributed by atoms with van der Waals surface area (Å²) in [6.45, 7) is 4.62. The van der Waals surface area contributed by atoms with Crippen LogP contribution in [0.1, 0.15) is 53.4 Å². The second kappa shape index (κ2) is 9.62. The lowest BCUT2D eigenvalue weighted by molar-refractivity contribution is -0.206. The number of esters is 1. The average Bonchev–Trinajstić information content (AvgIpc) is 2.47. The molecule has 8 heteroatoms. The summed E-state index contributed by atoms with van der Waals surface area (Å²) in [6.07, 6.45) is -0.855. The van der Waals surface area contributed by atoms with E-state index in [1.165, 1.54) is 20.8 Å². The van der Waals surface area contributed by atoms with E-state index >= 15 is 0 Å². The molecule has 0 aliphatic carbocycles. The van der Waals surface area contributed by atoms with E-state index in [1.54, 1.807) is 0 Å². The molecular weight excluding hydrogens is 372 g/mol. The lowest BCUT2D eigenvalue weighted by Gasteiger charge is -2.31. The van der Waals surface area contributed by atoms with Crippen molar-refractivity contribution in [3.05, 3.63) is 0 Å². The fraction of sp³-hybridized carbons (Fsp3) is 0.944. The summed E-state index contributed by atoms with van der Waals surface area (Å²) in [4.78, 5) is 12.0. The van der Waals surface area contributed by atoms with Gasteiger partial charge >= 0.3 is 5.97 Å². The molecule has 1 saturated heterocycles. The van der Waals surface area contributed by atoms with Crippen molar-refractivity contribution in [2.24, 2.45) is 11.3 Å². The highest BCUT2D eigenvalue weighted by Gasteiger charge is 2.49. The van der Waals surface area contributed by atoms with Crippen LogP contribution in [-0.4, -0.2) is 48.6 Å². The van der Waals surface area contributed by atoms with Crippen LogP contribution in [0.4, 0.5) is 17.6 Å². The summed E-state index contributed by atoms with van der Waals surface area (Å²) in [6, 6.07) is 0. The Kier molecular flexibility index (Phi) is 8.71. The highest BCUT2D eigenvalue weighted by molar-refractivity contribution is 7.99. The first-order valence-corrected chi connectivity index (χ1v) is 10.1. The Morgan fingerprint density at radius 3 is 2.19 bits per heavy atom. The molecule has 1 heterocycles. The molecule has 1 unspecified atom stereocenters. The van der Waals surface area contributed by atoms with Crippen molar-refractivity contribution in [3.63, 3.8) is 0 Å². The van der Waals surface area contributed by atoms with Crippen molar-refractivity contribution in [1.82, 2.24) is 0 Å². The first kappa shape index (κ1) is 23.5. The predicted molar refractivity (Wildman–Crippen MR) is 95.0 cm³/mol. The van der Waals surface area contributed by atoms with Gasteiger partial charge in [0.15, 0.2) is 6.10 Å². The highest BCUT2D eigenvalue weighted by atomic mass is 32.2. The number of carbonyl (C=O) groups is 1. The van der Waals surface area contributed by atoms with E-state index in [0.717, 1.165) is 30.8 Å². The number of halogens is 4. The predicted octanol–water partition coefficient (Wildman–Crippen LogP) is 5.17. The van der Waals surface area contributed by atoms with E-state index in [1.807, 2.05) is 11.8 Å². The minimum atomic E-state index is -3.87. The number of hydrogen-bond acceptors (Lipinski definition) is 4. The van der Waals surface area contributed by atoms with Crippen molar-refractivity contribution in [2.75, 3.05) is 24.7 Å². The van der Waals surface area contributed by atoms with Crippen LogP contribution in [0.3, 0.4) is 0 Å². The second-order valence-corrected chi connectivity index (χ2v) is 9.30. The third kappa shape index (κ3) is 8.93. The molecule has 0 aromatic carbocycles. The number of thioether (sulfide) groups is 1. The molecule has 0 aromatic heterocycles. The smallest absolute Gasteiger partial charge is 0.311 e. The van der Waals surface area contributed by atoms with Crippen LogP contribution in [0.5, 0.6) is 0 Å². The van der Waals surface area contributed by atoms with Crippen molar-refractivity contribution in [2.45, 2.75) is 71.3 Å². The van der Waals surface area contributed by atoms with Crippen LogP contribution in [0.2, 0.25) is 0 Å². The Labute approximate surface area is 157 Å². The molecule has 1 aliphatic rings. The molecule has 1 rings (SSSR count). The normalized spacial score (nSPS) is 18.6. The molecule has 0 N–H and O–H groups in total. The van der Waals surface area contributed by atoms with Gasteiger partial charge in [0.25, 0.3) is 11.8 Å². The summed E-state index contributed by atoms with van der Waals surface area (Å²) in [5.41, 5.74) is -1.01. The van der Waals surface area contributed by atoms with Gasteiger partial charge in [-0.1, -0.05) is 0 Å². The van der Waals surface area contributed by atoms with E-state index in [9.17, 15) is 22.4 Å². The number of ether oxygens (including phenoxy) is 2. The number of alkyl halides is 4. The van der Waals surface area contributed by atoms with Crippen LogP contribution >= 0.6 is 11.8 Å². The maximum atomic E-state index is 14.3. The van der Waals surface area contributed by atoms with Crippen molar-refractivity contribution in [1.29, 1.82) is 0 Å². The summed E-state index contributed by atoms with van der Waals surface area (Å²) < 4.78 is 65.0. The largest absolute Gasteiger partial charge is 0.453 e. The van der Waals surface area contributed by atoms with Crippen LogP contribution < -0.4 is 0 Å². The highest BCUT2D eigenvalue weighted by Crippen LogP contribution is 2.35. The van der Waals surface area contributed by atoms with E-state index in [0.29, 0.717) is 12.8 Å². The minimum absolute atomic E-state index is 0.248. The van der Waals surface area contributed by atoms with Gasteiger partial charge in [-0.2, -0.15) is 11.8 Å². The minimum Gasteiger partial charge on any atom is -0.453 e. The number of rotatable bonds is 9. The summed E-state index contributed by atoms with van der Waals surface area (Å²) in [5.74, 6) is -5.65. The van der Waals surface area contributed by atoms with Gasteiger partial charge in [-0.25, -0.2) is 17.6 Å². The van der Waals surface area contributed by atoms with E-state index in [2.05, 4.69) is 0 Å². The fourth-order valence-corrected chi connectivity index (χ4v) is 3.76. The number of hydrogen-bond donors (Lipinski definition) is 0. The molecule has 0 saturated carbocycles. The molecule has 0 spiro atoms. The molecule has 3 nitrogen and oxygen atoms in total. The summed E-state index contributed by atoms with van der Waals surface area (Å²) >= 11 is 1.89. The van der Waals surface area contributed by atoms with Gasteiger partial charge in [0.1, 0.15) is 0 Å². The molecule has 154 valence electrons. The first-order valence-electron chi connectivity index (χ1n) is 8.93. The lowest BCUT2D eigenvalue weighted by atomic mass is 9.97. The Morgan fingerprint density at radius 1 is 1.12 bits per heavy atom. The Hall–Kier alpha value is -0.500. The second-order valence-electron chi connectivity index (χ2n) is 8.07. The lowest BCUT2D eigenvalue weighted by Crippen LogP contribution is -2.45. The molecule has 0 bridgehead atoms. The van der Waals surface area contributed by atoms with Crippen LogP contribution in [0.25, 0.3) is 0 Å². The average molecular weight is 402 g/mol. The van der Waals surface area contributed by atoms with Gasteiger partial charge in [-0.3, -0.25) is 4.79 Å². The fourth-order valence-electron chi connectivity index (χ4n) is 2.55. The zero-order chi connectivity index (χ0) is 20.0. The standard InChI is InChI=1S/C18H30F4O3S/c1-16(2,3)15(23)25-14(18(21,22)12-17(4,19)20)11-24-8-5-13-6-9-26-10-7-13/h13-14H,5-12H2,1-4H3. The molecule has 0 aromatic rings. The van der Waals surface area contributed by atoms with E-state index in [-0.39, 0.29) is 6.61 Å². The van der Waals surface area contributed by atoms with Crippen molar-refractivity contribution in [3.8, 4) is 0 Å². The Balaban J connectivity index is 2.63. The van der Waals surface area contributed by atoms with Crippen LogP contribution in [0.15, 0.2) is 0 Å². The molecule has 1 atom stereocenters. The molecule has 26 heavy (non-hydrogen) atoms. The molecule has 1 fully saturated rings. The quantitative estimate of drug-likeness (QED) is 0.303. The Bertz CT molecular complexity index is 441. The van der Waals surface area contributed by atoms with Gasteiger partial charge in [0.2, 0.25) is 0 Å². The van der Waals surface area contributed by atoms with Gasteiger partial charge in [-0.05, 0) is 64.4 Å². The van der Waals surface area contributed by atoms with Gasteiger partial charge < -0.3 is 9.47 Å². The van der Waals surface area contributed by atoms with Gasteiger partial charge in [-0.15, -0.1) is 0 Å². The summed E-state index contributed by atoms with van der Waals surface area (Å²) in [7, 11) is 0. The first-order chi connectivity index (χ1) is 11.8. The van der Waals surface area contributed by atoms with Gasteiger partial charge in [0.05, 0.1) is 18.4 Å².